The quantitative estimate of drug-likeness (QED) is 0.724. The van der Waals surface area contributed by atoms with Crippen molar-refractivity contribution in [2.45, 2.75) is 25.8 Å². The van der Waals surface area contributed by atoms with Crippen molar-refractivity contribution in [1.82, 2.24) is 10.3 Å². The molecule has 118 valence electrons. The van der Waals surface area contributed by atoms with Gasteiger partial charge in [-0.1, -0.05) is 41.9 Å². The lowest BCUT2D eigenvalue weighted by molar-refractivity contribution is 0.0913. The number of aromatic amines is 1. The van der Waals surface area contributed by atoms with Crippen LogP contribution in [0.5, 0.6) is 0 Å². The Morgan fingerprint density at radius 3 is 2.61 bits per heavy atom. The topological polar surface area (TPSA) is 44.9 Å². The van der Waals surface area contributed by atoms with Gasteiger partial charge in [0, 0.05) is 22.6 Å². The molecule has 0 spiro atoms. The molecule has 0 aliphatic heterocycles. The van der Waals surface area contributed by atoms with Crippen molar-refractivity contribution in [2.75, 3.05) is 0 Å². The summed E-state index contributed by atoms with van der Waals surface area (Å²) in [7, 11) is 0. The molecule has 0 radical (unpaired) electrons. The molecule has 4 heteroatoms. The molecular weight excluding hydrogens is 308 g/mol. The number of hydrogen-bond acceptors (Lipinski definition) is 1. The molecule has 2 N–H and O–H groups in total. The largest absolute Gasteiger partial charge is 0.361 e. The van der Waals surface area contributed by atoms with Gasteiger partial charge in [-0.25, -0.2) is 0 Å². The lowest BCUT2D eigenvalue weighted by Crippen LogP contribution is -2.45. The molecule has 0 saturated carbocycles. The van der Waals surface area contributed by atoms with Crippen LogP contribution in [0.25, 0.3) is 10.9 Å². The predicted octanol–water partition coefficient (Wildman–Crippen LogP) is 4.57. The lowest BCUT2D eigenvalue weighted by atomic mass is 9.94. The van der Waals surface area contributed by atoms with Crippen molar-refractivity contribution in [3.8, 4) is 0 Å². The Labute approximate surface area is 140 Å². The third-order valence-corrected chi connectivity index (χ3v) is 4.21. The van der Waals surface area contributed by atoms with E-state index in [9.17, 15) is 4.79 Å². The average molecular weight is 327 g/mol. The van der Waals surface area contributed by atoms with E-state index in [-0.39, 0.29) is 11.4 Å². The minimum Gasteiger partial charge on any atom is -0.361 e. The van der Waals surface area contributed by atoms with E-state index in [4.69, 9.17) is 11.6 Å². The van der Waals surface area contributed by atoms with Crippen molar-refractivity contribution in [3.05, 3.63) is 70.9 Å². The van der Waals surface area contributed by atoms with Crippen LogP contribution < -0.4 is 5.32 Å². The zero-order valence-corrected chi connectivity index (χ0v) is 13.9. The predicted molar refractivity (Wildman–Crippen MR) is 95.0 cm³/mol. The number of halogens is 1. The second kappa shape index (κ2) is 6.09. The minimum absolute atomic E-state index is 0.152. The minimum atomic E-state index is -0.388. The molecular formula is C19H19ClN2O. The summed E-state index contributed by atoms with van der Waals surface area (Å²) < 4.78 is 0. The van der Waals surface area contributed by atoms with E-state index >= 15 is 0 Å². The van der Waals surface area contributed by atoms with E-state index in [1.165, 1.54) is 10.9 Å². The molecule has 0 aliphatic rings. The molecule has 3 rings (SSSR count). The molecule has 0 atom stereocenters. The first-order chi connectivity index (χ1) is 11.0. The van der Waals surface area contributed by atoms with Gasteiger partial charge in [0.15, 0.2) is 0 Å². The van der Waals surface area contributed by atoms with E-state index < -0.39 is 0 Å². The van der Waals surface area contributed by atoms with Crippen LogP contribution in [0.15, 0.2) is 54.7 Å². The Morgan fingerprint density at radius 2 is 1.83 bits per heavy atom. The molecule has 0 fully saturated rings. The lowest BCUT2D eigenvalue weighted by Gasteiger charge is -2.26. The molecule has 2 aromatic carbocycles. The Hall–Kier alpha value is -2.26. The summed E-state index contributed by atoms with van der Waals surface area (Å²) >= 11 is 6.10. The van der Waals surface area contributed by atoms with E-state index in [0.29, 0.717) is 10.6 Å². The Kier molecular flexibility index (Phi) is 4.14. The Bertz CT molecular complexity index is 851. The summed E-state index contributed by atoms with van der Waals surface area (Å²) in [5.74, 6) is -0.152. The number of carbonyl (C=O) groups excluding carboxylic acids is 1. The number of carbonyl (C=O) groups is 1. The number of amides is 1. The molecule has 0 saturated heterocycles. The SMILES string of the molecule is CC(C)(Cc1c[nH]c2ccccc12)NC(=O)c1ccccc1Cl. The fourth-order valence-corrected chi connectivity index (χ4v) is 3.04. The van der Waals surface area contributed by atoms with Gasteiger partial charge in [-0.2, -0.15) is 0 Å². The maximum Gasteiger partial charge on any atom is 0.253 e. The van der Waals surface area contributed by atoms with Crippen LogP contribution >= 0.6 is 11.6 Å². The number of rotatable bonds is 4. The fourth-order valence-electron chi connectivity index (χ4n) is 2.82. The summed E-state index contributed by atoms with van der Waals surface area (Å²) in [5, 5.41) is 4.73. The zero-order chi connectivity index (χ0) is 16.4. The van der Waals surface area contributed by atoms with Gasteiger partial charge in [0.25, 0.3) is 5.91 Å². The normalized spacial score (nSPS) is 11.6. The van der Waals surface area contributed by atoms with Gasteiger partial charge in [0.1, 0.15) is 0 Å². The highest BCUT2D eigenvalue weighted by molar-refractivity contribution is 6.33. The van der Waals surface area contributed by atoms with E-state index in [1.807, 2.05) is 50.4 Å². The van der Waals surface area contributed by atoms with Gasteiger partial charge < -0.3 is 10.3 Å². The highest BCUT2D eigenvalue weighted by Gasteiger charge is 2.24. The highest BCUT2D eigenvalue weighted by atomic mass is 35.5. The molecule has 0 unspecified atom stereocenters. The number of benzene rings is 2. The third kappa shape index (κ3) is 3.40. The first-order valence-corrected chi connectivity index (χ1v) is 7.96. The Morgan fingerprint density at radius 1 is 1.13 bits per heavy atom. The second-order valence-electron chi connectivity index (χ2n) is 6.35. The van der Waals surface area contributed by atoms with Gasteiger partial charge in [0.05, 0.1) is 10.6 Å². The number of aromatic nitrogens is 1. The number of fused-ring (bicyclic) bond motifs is 1. The highest BCUT2D eigenvalue weighted by Crippen LogP contribution is 2.23. The van der Waals surface area contributed by atoms with Crippen molar-refractivity contribution in [1.29, 1.82) is 0 Å². The average Bonchev–Trinajstić information content (AvgIpc) is 2.90. The van der Waals surface area contributed by atoms with Crippen LogP contribution in [0.4, 0.5) is 0 Å². The maximum absolute atomic E-state index is 12.5. The fraction of sp³-hybridized carbons (Fsp3) is 0.211. The van der Waals surface area contributed by atoms with Crippen LogP contribution in [0.1, 0.15) is 29.8 Å². The van der Waals surface area contributed by atoms with Gasteiger partial charge in [-0.3, -0.25) is 4.79 Å². The van der Waals surface area contributed by atoms with Crippen molar-refractivity contribution < 1.29 is 4.79 Å². The molecule has 1 heterocycles. The maximum atomic E-state index is 12.5. The summed E-state index contributed by atoms with van der Waals surface area (Å²) in [6.07, 6.45) is 2.74. The van der Waals surface area contributed by atoms with Crippen LogP contribution in [0.3, 0.4) is 0 Å². The molecule has 1 amide bonds. The van der Waals surface area contributed by atoms with Gasteiger partial charge >= 0.3 is 0 Å². The molecule has 23 heavy (non-hydrogen) atoms. The van der Waals surface area contributed by atoms with Crippen molar-refractivity contribution in [2.24, 2.45) is 0 Å². The first-order valence-electron chi connectivity index (χ1n) is 7.58. The number of H-pyrrole nitrogens is 1. The van der Waals surface area contributed by atoms with E-state index in [0.717, 1.165) is 11.9 Å². The Balaban J connectivity index is 1.79. The second-order valence-corrected chi connectivity index (χ2v) is 6.76. The van der Waals surface area contributed by atoms with E-state index in [1.54, 1.807) is 12.1 Å². The summed E-state index contributed by atoms with van der Waals surface area (Å²) in [5.41, 5.74) is 2.41. The number of hydrogen-bond donors (Lipinski definition) is 2. The summed E-state index contributed by atoms with van der Waals surface area (Å²) in [6.45, 7) is 4.03. The van der Waals surface area contributed by atoms with Crippen LogP contribution in [-0.4, -0.2) is 16.4 Å². The van der Waals surface area contributed by atoms with Gasteiger partial charge in [-0.15, -0.1) is 0 Å². The summed E-state index contributed by atoms with van der Waals surface area (Å²) in [6, 6.07) is 15.3. The smallest absolute Gasteiger partial charge is 0.253 e. The molecule has 1 aromatic heterocycles. The molecule has 0 aliphatic carbocycles. The van der Waals surface area contributed by atoms with Crippen LogP contribution in [0.2, 0.25) is 5.02 Å². The van der Waals surface area contributed by atoms with Crippen LogP contribution in [0, 0.1) is 0 Å². The first kappa shape index (κ1) is 15.6. The molecule has 3 aromatic rings. The molecule has 0 bridgehead atoms. The monoisotopic (exact) mass is 326 g/mol. The third-order valence-electron chi connectivity index (χ3n) is 3.88. The van der Waals surface area contributed by atoms with Crippen molar-refractivity contribution in [3.63, 3.8) is 0 Å². The standard InChI is InChI=1S/C19H19ClN2O/c1-19(2,22-18(23)15-8-3-5-9-16(15)20)11-13-12-21-17-10-6-4-7-14(13)17/h3-10,12,21H,11H2,1-2H3,(H,22,23). The van der Waals surface area contributed by atoms with Crippen molar-refractivity contribution >= 4 is 28.4 Å². The van der Waals surface area contributed by atoms with E-state index in [2.05, 4.69) is 16.4 Å². The van der Waals surface area contributed by atoms with Gasteiger partial charge in [0.2, 0.25) is 0 Å². The van der Waals surface area contributed by atoms with Crippen LogP contribution in [-0.2, 0) is 6.42 Å². The van der Waals surface area contributed by atoms with Gasteiger partial charge in [-0.05, 0) is 44.0 Å². The summed E-state index contributed by atoms with van der Waals surface area (Å²) in [4.78, 5) is 15.7. The number of para-hydroxylation sites is 1. The number of nitrogens with one attached hydrogen (secondary N) is 2. The zero-order valence-electron chi connectivity index (χ0n) is 13.2. The molecule has 3 nitrogen and oxygen atoms in total.